The largest absolute Gasteiger partial charge is 0.416 e. The van der Waals surface area contributed by atoms with Crippen molar-refractivity contribution >= 4 is 28.9 Å². The van der Waals surface area contributed by atoms with E-state index in [0.717, 1.165) is 12.1 Å². The van der Waals surface area contributed by atoms with E-state index in [-0.39, 0.29) is 12.2 Å². The van der Waals surface area contributed by atoms with Gasteiger partial charge in [0, 0.05) is 5.69 Å². The molecule has 0 aliphatic carbocycles. The van der Waals surface area contributed by atoms with Gasteiger partial charge in [-0.25, -0.2) is 0 Å². The number of carbonyl (C=O) groups excluding carboxylic acids is 1. The third-order valence-corrected chi connectivity index (χ3v) is 3.12. The molecular weight excluding hydrogens is 317 g/mol. The molecule has 2 aromatic rings. The fourth-order valence-corrected chi connectivity index (χ4v) is 1.93. The smallest absolute Gasteiger partial charge is 0.376 e. The molecule has 116 valence electrons. The third kappa shape index (κ3) is 4.39. The van der Waals surface area contributed by atoms with Crippen LogP contribution in [0, 0.1) is 0 Å². The zero-order valence-corrected chi connectivity index (χ0v) is 12.0. The van der Waals surface area contributed by atoms with Crippen LogP contribution >= 0.6 is 11.6 Å². The van der Waals surface area contributed by atoms with Crippen molar-refractivity contribution < 1.29 is 18.0 Å². The summed E-state index contributed by atoms with van der Waals surface area (Å²) in [4.78, 5) is 11.8. The lowest BCUT2D eigenvalue weighted by Crippen LogP contribution is -2.22. The normalized spacial score (nSPS) is 11.1. The molecule has 2 aromatic carbocycles. The molecule has 2 N–H and O–H groups in total. The van der Waals surface area contributed by atoms with E-state index in [0.29, 0.717) is 10.7 Å². The SMILES string of the molecule is O=C(CNc1cccc(C(F)(F)F)c1)Nc1ccccc1Cl. The lowest BCUT2D eigenvalue weighted by molar-refractivity contribution is -0.137. The predicted octanol–water partition coefficient (Wildman–Crippen LogP) is 4.41. The fraction of sp³-hybridized carbons (Fsp3) is 0.133. The Labute approximate surface area is 130 Å². The molecule has 0 aliphatic rings. The number of anilines is 2. The Morgan fingerprint density at radius 2 is 1.82 bits per heavy atom. The van der Waals surface area contributed by atoms with Crippen molar-refractivity contribution in [2.24, 2.45) is 0 Å². The monoisotopic (exact) mass is 328 g/mol. The van der Waals surface area contributed by atoms with Gasteiger partial charge in [0.25, 0.3) is 0 Å². The van der Waals surface area contributed by atoms with Gasteiger partial charge >= 0.3 is 6.18 Å². The number of hydrogen-bond donors (Lipinski definition) is 2. The Morgan fingerprint density at radius 1 is 1.09 bits per heavy atom. The number of para-hydroxylation sites is 1. The molecule has 0 saturated carbocycles. The number of hydrogen-bond acceptors (Lipinski definition) is 2. The minimum absolute atomic E-state index is 0.174. The molecule has 0 heterocycles. The molecule has 0 atom stereocenters. The summed E-state index contributed by atoms with van der Waals surface area (Å²) in [6.07, 6.45) is -4.42. The van der Waals surface area contributed by atoms with Crippen molar-refractivity contribution in [2.75, 3.05) is 17.2 Å². The van der Waals surface area contributed by atoms with Gasteiger partial charge in [0.1, 0.15) is 0 Å². The zero-order chi connectivity index (χ0) is 16.2. The van der Waals surface area contributed by atoms with Gasteiger partial charge in [-0.1, -0.05) is 29.8 Å². The topological polar surface area (TPSA) is 41.1 Å². The van der Waals surface area contributed by atoms with Crippen LogP contribution in [0.4, 0.5) is 24.5 Å². The summed E-state index contributed by atoms with van der Waals surface area (Å²) in [5, 5.41) is 5.60. The number of alkyl halides is 3. The lowest BCUT2D eigenvalue weighted by atomic mass is 10.2. The van der Waals surface area contributed by atoms with E-state index >= 15 is 0 Å². The second-order valence-electron chi connectivity index (χ2n) is 4.46. The fourth-order valence-electron chi connectivity index (χ4n) is 1.74. The molecule has 0 radical (unpaired) electrons. The Hall–Kier alpha value is -2.21. The summed E-state index contributed by atoms with van der Waals surface area (Å²) >= 11 is 5.90. The molecule has 0 aromatic heterocycles. The minimum Gasteiger partial charge on any atom is -0.376 e. The second kappa shape index (κ2) is 6.70. The molecule has 3 nitrogen and oxygen atoms in total. The Balaban J connectivity index is 1.96. The van der Waals surface area contributed by atoms with Crippen molar-refractivity contribution in [1.29, 1.82) is 0 Å². The first kappa shape index (κ1) is 16.2. The maximum atomic E-state index is 12.6. The van der Waals surface area contributed by atoms with Crippen LogP contribution in [0.2, 0.25) is 5.02 Å². The molecule has 1 amide bonds. The molecule has 2 rings (SSSR count). The van der Waals surface area contributed by atoms with E-state index in [1.807, 2.05) is 0 Å². The van der Waals surface area contributed by atoms with Crippen LogP contribution in [-0.2, 0) is 11.0 Å². The summed E-state index contributed by atoms with van der Waals surface area (Å²) < 4.78 is 37.7. The van der Waals surface area contributed by atoms with Crippen LogP contribution in [0.3, 0.4) is 0 Å². The van der Waals surface area contributed by atoms with Gasteiger partial charge < -0.3 is 10.6 Å². The van der Waals surface area contributed by atoms with Crippen molar-refractivity contribution in [2.45, 2.75) is 6.18 Å². The first-order chi connectivity index (χ1) is 10.4. The van der Waals surface area contributed by atoms with E-state index in [2.05, 4.69) is 10.6 Å². The lowest BCUT2D eigenvalue weighted by Gasteiger charge is -2.11. The van der Waals surface area contributed by atoms with Gasteiger partial charge in [-0.2, -0.15) is 13.2 Å². The van der Waals surface area contributed by atoms with Crippen molar-refractivity contribution in [1.82, 2.24) is 0 Å². The molecule has 7 heteroatoms. The second-order valence-corrected chi connectivity index (χ2v) is 4.87. The Morgan fingerprint density at radius 3 is 2.50 bits per heavy atom. The van der Waals surface area contributed by atoms with Crippen LogP contribution in [0.15, 0.2) is 48.5 Å². The maximum Gasteiger partial charge on any atom is 0.416 e. The summed E-state index contributed by atoms with van der Waals surface area (Å²) in [7, 11) is 0. The van der Waals surface area contributed by atoms with Gasteiger partial charge in [0.05, 0.1) is 22.8 Å². The van der Waals surface area contributed by atoms with Crippen LogP contribution in [0.25, 0.3) is 0 Å². The highest BCUT2D eigenvalue weighted by molar-refractivity contribution is 6.33. The molecule has 22 heavy (non-hydrogen) atoms. The highest BCUT2D eigenvalue weighted by atomic mass is 35.5. The number of carbonyl (C=O) groups is 1. The number of nitrogens with one attached hydrogen (secondary N) is 2. The van der Waals surface area contributed by atoms with E-state index in [1.165, 1.54) is 12.1 Å². The molecule has 0 aliphatic heterocycles. The van der Waals surface area contributed by atoms with E-state index in [4.69, 9.17) is 11.6 Å². The summed E-state index contributed by atoms with van der Waals surface area (Å²) in [5.74, 6) is -0.412. The maximum absolute atomic E-state index is 12.6. The number of amides is 1. The molecule has 0 fully saturated rings. The predicted molar refractivity (Wildman–Crippen MR) is 80.0 cm³/mol. The number of halogens is 4. The van der Waals surface area contributed by atoms with Crippen LogP contribution in [0.5, 0.6) is 0 Å². The molecule has 0 spiro atoms. The minimum atomic E-state index is -4.42. The highest BCUT2D eigenvalue weighted by Crippen LogP contribution is 2.30. The zero-order valence-electron chi connectivity index (χ0n) is 11.2. The van der Waals surface area contributed by atoms with E-state index in [9.17, 15) is 18.0 Å². The Bertz CT molecular complexity index is 674. The molecule has 0 saturated heterocycles. The summed E-state index contributed by atoms with van der Waals surface area (Å²) in [6.45, 7) is -0.174. The number of rotatable bonds is 4. The van der Waals surface area contributed by atoms with Gasteiger partial charge in [-0.15, -0.1) is 0 Å². The van der Waals surface area contributed by atoms with E-state index in [1.54, 1.807) is 24.3 Å². The van der Waals surface area contributed by atoms with Crippen LogP contribution in [0.1, 0.15) is 5.56 Å². The standard InChI is InChI=1S/C15H12ClF3N2O/c16-12-6-1-2-7-13(12)21-14(22)9-20-11-5-3-4-10(8-11)15(17,18)19/h1-8,20H,9H2,(H,21,22). The summed E-state index contributed by atoms with van der Waals surface area (Å²) in [6, 6.07) is 11.3. The van der Waals surface area contributed by atoms with Gasteiger partial charge in [-0.3, -0.25) is 4.79 Å². The van der Waals surface area contributed by atoms with E-state index < -0.39 is 17.6 Å². The van der Waals surface area contributed by atoms with Crippen molar-refractivity contribution in [3.05, 3.63) is 59.1 Å². The van der Waals surface area contributed by atoms with Crippen LogP contribution in [-0.4, -0.2) is 12.5 Å². The summed E-state index contributed by atoms with van der Waals surface area (Å²) in [5.41, 5.74) is -0.117. The van der Waals surface area contributed by atoms with Gasteiger partial charge in [0.2, 0.25) is 5.91 Å². The van der Waals surface area contributed by atoms with Crippen LogP contribution < -0.4 is 10.6 Å². The van der Waals surface area contributed by atoms with Gasteiger partial charge in [0.15, 0.2) is 0 Å². The quantitative estimate of drug-likeness (QED) is 0.873. The molecular formula is C15H12ClF3N2O. The molecule has 0 bridgehead atoms. The molecule has 0 unspecified atom stereocenters. The van der Waals surface area contributed by atoms with Crippen molar-refractivity contribution in [3.8, 4) is 0 Å². The van der Waals surface area contributed by atoms with Gasteiger partial charge in [-0.05, 0) is 30.3 Å². The Kier molecular flexibility index (Phi) is 4.92. The average Bonchev–Trinajstić information content (AvgIpc) is 2.47. The number of benzene rings is 2. The highest BCUT2D eigenvalue weighted by Gasteiger charge is 2.30. The van der Waals surface area contributed by atoms with Crippen molar-refractivity contribution in [3.63, 3.8) is 0 Å². The first-order valence-corrected chi connectivity index (χ1v) is 6.69. The first-order valence-electron chi connectivity index (χ1n) is 6.32. The average molecular weight is 329 g/mol. The third-order valence-electron chi connectivity index (χ3n) is 2.79.